The van der Waals surface area contributed by atoms with Crippen molar-refractivity contribution in [2.45, 2.75) is 30.7 Å². The number of nitrogen functional groups attached to an aromatic ring is 1. The summed E-state index contributed by atoms with van der Waals surface area (Å²) in [7, 11) is -0.442. The first kappa shape index (κ1) is 15.8. The molecule has 1 atom stereocenters. The van der Waals surface area contributed by atoms with Gasteiger partial charge in [-0.15, -0.1) is 0 Å². The number of sulfonamides is 1. The number of nitrogens with two attached hydrogens (primary N) is 1. The van der Waals surface area contributed by atoms with Crippen molar-refractivity contribution < 1.29 is 13.2 Å². The van der Waals surface area contributed by atoms with Crippen LogP contribution in [0.5, 0.6) is 0 Å². The highest BCUT2D eigenvalue weighted by atomic mass is 32.2. The lowest BCUT2D eigenvalue weighted by molar-refractivity contribution is -0.132. The highest BCUT2D eigenvalue weighted by molar-refractivity contribution is 7.89. The number of amides is 1. The molecular formula is C14H21N3O3S. The van der Waals surface area contributed by atoms with Crippen LogP contribution >= 0.6 is 0 Å². The van der Waals surface area contributed by atoms with E-state index in [1.165, 1.54) is 15.3 Å². The van der Waals surface area contributed by atoms with Gasteiger partial charge in [0.2, 0.25) is 15.9 Å². The van der Waals surface area contributed by atoms with Gasteiger partial charge in [-0.3, -0.25) is 4.79 Å². The van der Waals surface area contributed by atoms with E-state index < -0.39 is 16.1 Å². The Morgan fingerprint density at radius 1 is 1.38 bits per heavy atom. The van der Waals surface area contributed by atoms with Crippen molar-refractivity contribution in [1.29, 1.82) is 0 Å². The first-order valence-electron chi connectivity index (χ1n) is 6.84. The summed E-state index contributed by atoms with van der Waals surface area (Å²) in [6.07, 6.45) is 1.24. The number of hydrogen-bond donors (Lipinski definition) is 1. The van der Waals surface area contributed by atoms with Crippen LogP contribution in [-0.4, -0.2) is 50.2 Å². The lowest BCUT2D eigenvalue weighted by Gasteiger charge is -2.26. The number of hydrogen-bond acceptors (Lipinski definition) is 4. The normalized spacial score (nSPS) is 19.7. The molecule has 1 aromatic rings. The second kappa shape index (κ2) is 5.65. The molecule has 1 aliphatic heterocycles. The molecule has 7 heteroatoms. The Kier molecular flexibility index (Phi) is 4.25. The third kappa shape index (κ3) is 2.89. The van der Waals surface area contributed by atoms with E-state index in [2.05, 4.69) is 0 Å². The Morgan fingerprint density at radius 3 is 2.67 bits per heavy atom. The van der Waals surface area contributed by atoms with E-state index >= 15 is 0 Å². The zero-order chi connectivity index (χ0) is 15.8. The van der Waals surface area contributed by atoms with Crippen molar-refractivity contribution in [2.75, 3.05) is 26.4 Å². The molecule has 1 heterocycles. The van der Waals surface area contributed by atoms with E-state index in [9.17, 15) is 13.2 Å². The fraction of sp³-hybridized carbons (Fsp3) is 0.500. The number of carbonyl (C=O) groups is 1. The van der Waals surface area contributed by atoms with Crippen LogP contribution in [0.25, 0.3) is 0 Å². The molecule has 0 saturated carbocycles. The van der Waals surface area contributed by atoms with E-state index in [4.69, 9.17) is 5.73 Å². The van der Waals surface area contributed by atoms with Gasteiger partial charge in [0.05, 0.1) is 4.90 Å². The Hall–Kier alpha value is -1.60. The summed E-state index contributed by atoms with van der Waals surface area (Å²) in [5.74, 6) is -0.183. The van der Waals surface area contributed by atoms with Crippen molar-refractivity contribution >= 4 is 21.6 Å². The smallest absolute Gasteiger partial charge is 0.244 e. The number of benzene rings is 1. The molecule has 0 aliphatic carbocycles. The molecule has 116 valence electrons. The molecule has 0 spiro atoms. The Bertz CT molecular complexity index is 655. The van der Waals surface area contributed by atoms with Crippen LogP contribution in [0.3, 0.4) is 0 Å². The van der Waals surface area contributed by atoms with Gasteiger partial charge >= 0.3 is 0 Å². The maximum absolute atomic E-state index is 12.8. The van der Waals surface area contributed by atoms with E-state index in [1.54, 1.807) is 33.2 Å². The first-order valence-corrected chi connectivity index (χ1v) is 8.28. The number of nitrogens with zero attached hydrogens (tertiary/aromatic N) is 2. The average Bonchev–Trinajstić information content (AvgIpc) is 2.90. The zero-order valence-electron chi connectivity index (χ0n) is 12.5. The molecule has 1 amide bonds. The molecule has 0 aromatic heterocycles. The highest BCUT2D eigenvalue weighted by Gasteiger charge is 2.40. The SMILES string of the molecule is Cc1ccc(N)cc1S(=O)(=O)N1CCCC1C(=O)N(C)C. The summed E-state index contributed by atoms with van der Waals surface area (Å²) in [5.41, 5.74) is 6.74. The first-order chi connectivity index (χ1) is 9.75. The number of likely N-dealkylation sites (N-methyl/N-ethyl adjacent to an activating group) is 1. The van der Waals surface area contributed by atoms with E-state index in [0.717, 1.165) is 0 Å². The Morgan fingerprint density at radius 2 is 2.05 bits per heavy atom. The molecule has 2 N–H and O–H groups in total. The zero-order valence-corrected chi connectivity index (χ0v) is 13.4. The van der Waals surface area contributed by atoms with Gasteiger partial charge in [-0.1, -0.05) is 6.07 Å². The van der Waals surface area contributed by atoms with Crippen LogP contribution in [0.1, 0.15) is 18.4 Å². The molecular weight excluding hydrogens is 290 g/mol. The molecule has 21 heavy (non-hydrogen) atoms. The average molecular weight is 311 g/mol. The van der Waals surface area contributed by atoms with Crippen molar-refractivity contribution in [3.63, 3.8) is 0 Å². The highest BCUT2D eigenvalue weighted by Crippen LogP contribution is 2.29. The monoisotopic (exact) mass is 311 g/mol. The molecule has 1 saturated heterocycles. The number of carbonyl (C=O) groups excluding carboxylic acids is 1. The molecule has 1 fully saturated rings. The van der Waals surface area contributed by atoms with Crippen molar-refractivity contribution in [3.8, 4) is 0 Å². The third-order valence-electron chi connectivity index (χ3n) is 3.73. The molecule has 6 nitrogen and oxygen atoms in total. The van der Waals surface area contributed by atoms with E-state index in [0.29, 0.717) is 30.6 Å². The minimum atomic E-state index is -3.71. The van der Waals surface area contributed by atoms with Gasteiger partial charge in [-0.05, 0) is 37.5 Å². The van der Waals surface area contributed by atoms with Gasteiger partial charge < -0.3 is 10.6 Å². The van der Waals surface area contributed by atoms with Crippen molar-refractivity contribution in [1.82, 2.24) is 9.21 Å². The molecule has 0 bridgehead atoms. The maximum Gasteiger partial charge on any atom is 0.244 e. The van der Waals surface area contributed by atoms with Gasteiger partial charge in [-0.25, -0.2) is 8.42 Å². The van der Waals surface area contributed by atoms with Gasteiger partial charge in [0.25, 0.3) is 0 Å². The van der Waals surface area contributed by atoms with Crippen molar-refractivity contribution in [3.05, 3.63) is 23.8 Å². The van der Waals surface area contributed by atoms with Gasteiger partial charge in [-0.2, -0.15) is 4.31 Å². The topological polar surface area (TPSA) is 83.7 Å². The molecule has 0 radical (unpaired) electrons. The molecule has 1 aliphatic rings. The quantitative estimate of drug-likeness (QED) is 0.838. The van der Waals surface area contributed by atoms with Crippen LogP contribution in [-0.2, 0) is 14.8 Å². The lowest BCUT2D eigenvalue weighted by Crippen LogP contribution is -2.45. The van der Waals surface area contributed by atoms with Gasteiger partial charge in [0, 0.05) is 26.3 Å². The fourth-order valence-electron chi connectivity index (χ4n) is 2.59. The van der Waals surface area contributed by atoms with Crippen LogP contribution in [0, 0.1) is 6.92 Å². The third-order valence-corrected chi connectivity index (χ3v) is 5.78. The second-order valence-electron chi connectivity index (χ2n) is 5.53. The summed E-state index contributed by atoms with van der Waals surface area (Å²) in [6, 6.07) is 4.19. The van der Waals surface area contributed by atoms with Crippen LogP contribution in [0.2, 0.25) is 0 Å². The largest absolute Gasteiger partial charge is 0.399 e. The Labute approximate surface area is 125 Å². The summed E-state index contributed by atoms with van der Waals surface area (Å²) < 4.78 is 27.0. The molecule has 1 unspecified atom stereocenters. The predicted octanol–water partition coefficient (Wildman–Crippen LogP) is 0.819. The predicted molar refractivity (Wildman–Crippen MR) is 81.2 cm³/mol. The standard InChI is InChI=1S/C14H21N3O3S/c1-10-6-7-11(15)9-13(10)21(19,20)17-8-4-5-12(17)14(18)16(2)3/h6-7,9,12H,4-5,8,15H2,1-3H3. The van der Waals surface area contributed by atoms with Crippen molar-refractivity contribution in [2.24, 2.45) is 0 Å². The summed E-state index contributed by atoms with van der Waals surface area (Å²) >= 11 is 0. The van der Waals surface area contributed by atoms with Crippen LogP contribution in [0.4, 0.5) is 5.69 Å². The summed E-state index contributed by atoms with van der Waals surface area (Å²) in [4.78, 5) is 13.8. The second-order valence-corrected chi connectivity index (χ2v) is 7.39. The van der Waals surface area contributed by atoms with Gasteiger partial charge in [0.15, 0.2) is 0 Å². The van der Waals surface area contributed by atoms with E-state index in [1.807, 2.05) is 0 Å². The van der Waals surface area contributed by atoms with Gasteiger partial charge in [0.1, 0.15) is 6.04 Å². The fourth-order valence-corrected chi connectivity index (χ4v) is 4.51. The molecule has 1 aromatic carbocycles. The van der Waals surface area contributed by atoms with E-state index in [-0.39, 0.29) is 10.8 Å². The number of anilines is 1. The number of aryl methyl sites for hydroxylation is 1. The van der Waals surface area contributed by atoms with Crippen LogP contribution in [0.15, 0.2) is 23.1 Å². The minimum Gasteiger partial charge on any atom is -0.399 e. The minimum absolute atomic E-state index is 0.181. The maximum atomic E-state index is 12.8. The summed E-state index contributed by atoms with van der Waals surface area (Å²) in [5, 5.41) is 0. The Balaban J connectivity index is 2.43. The number of rotatable bonds is 3. The molecule has 2 rings (SSSR count). The summed E-state index contributed by atoms with van der Waals surface area (Å²) in [6.45, 7) is 2.09. The lowest BCUT2D eigenvalue weighted by atomic mass is 10.2. The van der Waals surface area contributed by atoms with Crippen LogP contribution < -0.4 is 5.73 Å².